The summed E-state index contributed by atoms with van der Waals surface area (Å²) in [6, 6.07) is 4.13. The SMILES string of the molecule is CC#CCn1c(N2CCNCC2)nc2nc(SCc3cccs3)n(C)c(=O)c21.O=C(O)C(F)(F)F. The second-order valence-corrected chi connectivity index (χ2v) is 9.24. The van der Waals surface area contributed by atoms with Gasteiger partial charge in [0.2, 0.25) is 5.95 Å². The van der Waals surface area contributed by atoms with Gasteiger partial charge in [-0.3, -0.25) is 13.9 Å². The number of nitrogens with one attached hydrogen (secondary N) is 1. The maximum absolute atomic E-state index is 13.2. The molecule has 0 saturated carbocycles. The van der Waals surface area contributed by atoms with Crippen LogP contribution in [0.5, 0.6) is 0 Å². The Morgan fingerprint density at radius 3 is 2.57 bits per heavy atom. The number of aliphatic carboxylic acids is 1. The quantitative estimate of drug-likeness (QED) is 0.296. The number of thioether (sulfide) groups is 1. The highest BCUT2D eigenvalue weighted by molar-refractivity contribution is 7.98. The van der Waals surface area contributed by atoms with Crippen molar-refractivity contribution in [1.82, 2.24) is 24.4 Å². The molecule has 1 saturated heterocycles. The number of anilines is 1. The number of nitrogens with zero attached hydrogens (tertiary/aromatic N) is 5. The Kier molecular flexibility index (Phi) is 8.82. The van der Waals surface area contributed by atoms with Crippen LogP contribution in [0.25, 0.3) is 11.2 Å². The van der Waals surface area contributed by atoms with E-state index < -0.39 is 12.1 Å². The molecule has 14 heteroatoms. The summed E-state index contributed by atoms with van der Waals surface area (Å²) < 4.78 is 35.3. The number of carboxylic acid groups (broad SMARTS) is 1. The van der Waals surface area contributed by atoms with Gasteiger partial charge < -0.3 is 15.3 Å². The number of thiophene rings is 1. The van der Waals surface area contributed by atoms with Crippen LogP contribution in [0.15, 0.2) is 27.5 Å². The van der Waals surface area contributed by atoms with Crippen LogP contribution in [0.1, 0.15) is 11.8 Å². The fourth-order valence-electron chi connectivity index (χ4n) is 3.20. The Bertz CT molecular complexity index is 1290. The minimum atomic E-state index is -5.08. The summed E-state index contributed by atoms with van der Waals surface area (Å²) in [5.74, 6) is 4.81. The van der Waals surface area contributed by atoms with E-state index in [9.17, 15) is 18.0 Å². The summed E-state index contributed by atoms with van der Waals surface area (Å²) >= 11 is 3.27. The highest BCUT2D eigenvalue weighted by Gasteiger charge is 2.38. The molecule has 4 heterocycles. The maximum Gasteiger partial charge on any atom is 0.490 e. The molecule has 3 aromatic rings. The van der Waals surface area contributed by atoms with Crippen molar-refractivity contribution in [3.63, 3.8) is 0 Å². The number of aromatic nitrogens is 4. The predicted octanol–water partition coefficient (Wildman–Crippen LogP) is 2.55. The molecule has 0 unspecified atom stereocenters. The Morgan fingerprint density at radius 2 is 2.00 bits per heavy atom. The second kappa shape index (κ2) is 11.6. The molecule has 0 bridgehead atoms. The van der Waals surface area contributed by atoms with Crippen LogP contribution >= 0.6 is 23.1 Å². The van der Waals surface area contributed by atoms with Gasteiger partial charge in [-0.15, -0.1) is 17.3 Å². The molecule has 0 spiro atoms. The van der Waals surface area contributed by atoms with E-state index in [2.05, 4.69) is 33.5 Å². The van der Waals surface area contributed by atoms with Gasteiger partial charge in [0.15, 0.2) is 16.3 Å². The van der Waals surface area contributed by atoms with Gasteiger partial charge in [-0.2, -0.15) is 18.2 Å². The molecule has 0 aromatic carbocycles. The van der Waals surface area contributed by atoms with Crippen molar-refractivity contribution in [2.24, 2.45) is 7.05 Å². The first-order chi connectivity index (χ1) is 16.6. The molecule has 4 rings (SSSR count). The molecular weight excluding hydrogens is 505 g/mol. The van der Waals surface area contributed by atoms with Gasteiger partial charge in [-0.1, -0.05) is 23.7 Å². The lowest BCUT2D eigenvalue weighted by molar-refractivity contribution is -0.192. The number of hydrogen-bond acceptors (Lipinski definition) is 8. The molecule has 35 heavy (non-hydrogen) atoms. The van der Waals surface area contributed by atoms with Crippen molar-refractivity contribution < 1.29 is 23.1 Å². The van der Waals surface area contributed by atoms with Crippen molar-refractivity contribution >= 4 is 46.2 Å². The van der Waals surface area contributed by atoms with E-state index in [0.29, 0.717) is 22.9 Å². The lowest BCUT2D eigenvalue weighted by atomic mass is 10.4. The monoisotopic (exact) mass is 528 g/mol. The van der Waals surface area contributed by atoms with E-state index in [1.54, 1.807) is 41.6 Å². The Morgan fingerprint density at radius 1 is 1.31 bits per heavy atom. The van der Waals surface area contributed by atoms with Crippen LogP contribution in [-0.2, 0) is 24.1 Å². The molecule has 0 atom stereocenters. The van der Waals surface area contributed by atoms with Gasteiger partial charge in [-0.05, 0) is 18.4 Å². The van der Waals surface area contributed by atoms with E-state index in [1.807, 2.05) is 10.6 Å². The van der Waals surface area contributed by atoms with Crippen LogP contribution in [0.4, 0.5) is 19.1 Å². The van der Waals surface area contributed by atoms with Gasteiger partial charge in [0.1, 0.15) is 0 Å². The van der Waals surface area contributed by atoms with E-state index in [0.717, 1.165) is 37.9 Å². The third-order valence-corrected chi connectivity index (χ3v) is 7.04. The fourth-order valence-corrected chi connectivity index (χ4v) is 4.94. The number of fused-ring (bicyclic) bond motifs is 1. The summed E-state index contributed by atoms with van der Waals surface area (Å²) in [6.45, 7) is 5.74. The molecule has 0 aliphatic carbocycles. The van der Waals surface area contributed by atoms with Crippen LogP contribution < -0.4 is 15.8 Å². The Balaban J connectivity index is 0.000000429. The molecule has 1 aliphatic rings. The van der Waals surface area contributed by atoms with Gasteiger partial charge in [-0.25, -0.2) is 9.78 Å². The zero-order chi connectivity index (χ0) is 25.6. The lowest BCUT2D eigenvalue weighted by Crippen LogP contribution is -2.44. The molecule has 1 fully saturated rings. The second-order valence-electron chi connectivity index (χ2n) is 7.26. The van der Waals surface area contributed by atoms with Gasteiger partial charge in [0, 0.05) is 43.9 Å². The summed E-state index contributed by atoms with van der Waals surface area (Å²) in [6.07, 6.45) is -5.08. The molecule has 1 aliphatic heterocycles. The van der Waals surface area contributed by atoms with Crippen molar-refractivity contribution in [3.05, 3.63) is 32.7 Å². The average Bonchev–Trinajstić information content (AvgIpc) is 3.47. The number of imidazole rings is 1. The number of alkyl halides is 3. The van der Waals surface area contributed by atoms with Crippen LogP contribution in [0, 0.1) is 11.8 Å². The van der Waals surface area contributed by atoms with Crippen molar-refractivity contribution in [3.8, 4) is 11.8 Å². The average molecular weight is 529 g/mol. The highest BCUT2D eigenvalue weighted by Crippen LogP contribution is 2.25. The molecule has 0 radical (unpaired) electrons. The summed E-state index contributed by atoms with van der Waals surface area (Å²) in [5, 5.41) is 13.2. The first-order valence-corrected chi connectivity index (χ1v) is 12.3. The number of hydrogen-bond donors (Lipinski definition) is 2. The smallest absolute Gasteiger partial charge is 0.475 e. The molecule has 188 valence electrons. The van der Waals surface area contributed by atoms with Crippen LogP contribution in [-0.4, -0.2) is 62.5 Å². The van der Waals surface area contributed by atoms with Crippen LogP contribution in [0.3, 0.4) is 0 Å². The first kappa shape index (κ1) is 26.6. The minimum absolute atomic E-state index is 0.0783. The topological polar surface area (TPSA) is 105 Å². The van der Waals surface area contributed by atoms with E-state index in [4.69, 9.17) is 19.9 Å². The summed E-state index contributed by atoms with van der Waals surface area (Å²) in [7, 11) is 1.78. The number of carboxylic acids is 1. The van der Waals surface area contributed by atoms with Gasteiger partial charge in [0.25, 0.3) is 5.56 Å². The molecule has 3 aromatic heterocycles. The maximum atomic E-state index is 13.2. The Hall–Kier alpha value is -3.02. The molecule has 0 amide bonds. The van der Waals surface area contributed by atoms with Crippen molar-refractivity contribution in [2.45, 2.75) is 30.6 Å². The summed E-state index contributed by atoms with van der Waals surface area (Å²) in [5.41, 5.74) is 0.952. The lowest BCUT2D eigenvalue weighted by Gasteiger charge is -2.28. The predicted molar refractivity (Wildman–Crippen MR) is 129 cm³/mol. The third-order valence-electron chi connectivity index (χ3n) is 4.90. The summed E-state index contributed by atoms with van der Waals surface area (Å²) in [4.78, 5) is 35.0. The molecular formula is C21H23F3N6O3S2. The first-order valence-electron chi connectivity index (χ1n) is 10.4. The van der Waals surface area contributed by atoms with E-state index in [1.165, 1.54) is 4.88 Å². The van der Waals surface area contributed by atoms with Crippen LogP contribution in [0.2, 0.25) is 0 Å². The highest BCUT2D eigenvalue weighted by atomic mass is 32.2. The van der Waals surface area contributed by atoms with Gasteiger partial charge >= 0.3 is 12.1 Å². The molecule has 9 nitrogen and oxygen atoms in total. The fraction of sp³-hybridized carbons (Fsp3) is 0.429. The third kappa shape index (κ3) is 6.56. The standard InChI is InChI=1S/C19H22N6OS2.C2HF3O2/c1-3-4-9-25-15-16(21-18(25)24-10-7-20-8-11-24)22-19(23(2)17(15)26)28-13-14-6-5-12-27-14;3-2(4,5)1(6)7/h5-6,12,20H,7-11,13H2,1-2H3;(H,6,7). The minimum Gasteiger partial charge on any atom is -0.475 e. The number of halogens is 3. The number of rotatable bonds is 5. The van der Waals surface area contributed by atoms with E-state index >= 15 is 0 Å². The number of piperazine rings is 1. The van der Waals surface area contributed by atoms with Crippen molar-refractivity contribution in [1.29, 1.82) is 0 Å². The molecule has 2 N–H and O–H groups in total. The zero-order valence-electron chi connectivity index (χ0n) is 18.9. The van der Waals surface area contributed by atoms with E-state index in [-0.39, 0.29) is 5.56 Å². The zero-order valence-corrected chi connectivity index (χ0v) is 20.6. The van der Waals surface area contributed by atoms with Gasteiger partial charge in [0.05, 0.1) is 6.54 Å². The Labute approximate surface area is 207 Å². The largest absolute Gasteiger partial charge is 0.490 e. The normalized spacial score (nSPS) is 13.7. The van der Waals surface area contributed by atoms with Crippen molar-refractivity contribution in [2.75, 3.05) is 31.1 Å². The number of carbonyl (C=O) groups is 1.